The van der Waals surface area contributed by atoms with Crippen LogP contribution in [0.1, 0.15) is 0 Å². The zero-order valence-corrected chi connectivity index (χ0v) is 23.5. The van der Waals surface area contributed by atoms with Crippen molar-refractivity contribution in [3.05, 3.63) is 0 Å². The lowest BCUT2D eigenvalue weighted by Gasteiger charge is -2.49. The molecular weight excluding hydrogens is 624 g/mol. The van der Waals surface area contributed by atoms with E-state index in [1.807, 2.05) is 0 Å². The summed E-state index contributed by atoms with van der Waals surface area (Å²) < 4.78 is 37.9. The lowest BCUT2D eigenvalue weighted by Crippen LogP contribution is -2.68. The van der Waals surface area contributed by atoms with Crippen molar-refractivity contribution in [3.63, 3.8) is 0 Å². The molecule has 4 fully saturated rings. The molecule has 0 aromatic heterocycles. The average molecular weight is 667 g/mol. The molecule has 0 spiro atoms. The Labute approximate surface area is 254 Å². The Hall–Kier alpha value is -0.840. The van der Waals surface area contributed by atoms with E-state index in [-0.39, 0.29) is 0 Å². The van der Waals surface area contributed by atoms with Gasteiger partial charge in [0, 0.05) is 0 Å². The van der Waals surface area contributed by atoms with E-state index >= 15 is 0 Å². The third kappa shape index (κ3) is 7.44. The molecule has 4 heterocycles. The molecule has 4 rings (SSSR count). The molecule has 20 atom stereocenters. The number of hydrogen-bond donors (Lipinski definition) is 14. The Morgan fingerprint density at radius 1 is 0.333 bits per heavy atom. The number of aliphatic hydroxyl groups excluding tert-OH is 14. The van der Waals surface area contributed by atoms with E-state index < -0.39 is 149 Å². The van der Waals surface area contributed by atoms with Crippen LogP contribution in [0.5, 0.6) is 0 Å². The van der Waals surface area contributed by atoms with Crippen molar-refractivity contribution in [2.45, 2.75) is 123 Å². The lowest BCUT2D eigenvalue weighted by molar-refractivity contribution is -0.396. The summed E-state index contributed by atoms with van der Waals surface area (Å²) in [5.41, 5.74) is 0. The zero-order valence-electron chi connectivity index (χ0n) is 23.5. The highest BCUT2D eigenvalue weighted by Crippen LogP contribution is 2.34. The number of ether oxygens (including phenoxy) is 7. The van der Waals surface area contributed by atoms with Gasteiger partial charge in [-0.05, 0) is 0 Å². The first-order valence-electron chi connectivity index (χ1n) is 14.1. The summed E-state index contributed by atoms with van der Waals surface area (Å²) in [7, 11) is 0. The predicted octanol–water partition coefficient (Wildman–Crippen LogP) is -9.75. The average Bonchev–Trinajstić information content (AvgIpc) is 3.03. The fourth-order valence-corrected chi connectivity index (χ4v) is 5.51. The van der Waals surface area contributed by atoms with Crippen LogP contribution in [-0.2, 0) is 33.2 Å². The van der Waals surface area contributed by atoms with Crippen LogP contribution in [0.25, 0.3) is 0 Å². The van der Waals surface area contributed by atoms with Gasteiger partial charge in [-0.15, -0.1) is 0 Å². The van der Waals surface area contributed by atoms with Crippen LogP contribution in [0.3, 0.4) is 0 Å². The largest absolute Gasteiger partial charge is 0.394 e. The van der Waals surface area contributed by atoms with E-state index in [9.17, 15) is 71.5 Å². The molecule has 264 valence electrons. The van der Waals surface area contributed by atoms with Crippen molar-refractivity contribution in [1.82, 2.24) is 0 Å². The molecule has 4 saturated heterocycles. The number of rotatable bonds is 10. The SMILES string of the molecule is OC[C@H]1O[C@H](O[C@H]2[C@@H](O[C@@H]3[C@@H](O)[C@@H](O[C@H]4[C@H](O)[C@@H](CO)OC(O)[C@@H]4O)O[C@H](CO)[C@H]3O)O[C@H](CO)[C@@H](O)[C@@H]2O)[C@H](O)[C@@H](O)[C@@H]1O. The van der Waals surface area contributed by atoms with Crippen molar-refractivity contribution in [3.8, 4) is 0 Å². The molecule has 0 aromatic rings. The minimum atomic E-state index is -2.07. The normalized spacial score (nSPS) is 52.9. The molecule has 45 heavy (non-hydrogen) atoms. The quantitative estimate of drug-likeness (QED) is 0.103. The summed E-state index contributed by atoms with van der Waals surface area (Å²) in [4.78, 5) is 0. The van der Waals surface area contributed by atoms with E-state index in [2.05, 4.69) is 0 Å². The standard InChI is InChI=1S/C24H42O21/c25-1-5-9(29)13(33)15(35)22(40-5)45-20-14(34)10(30)6(2-26)42-24(20)44-19-12(32)8(4-28)41-23(17(19)37)43-18-11(31)7(3-27)39-21(38)16(18)36/h5-38H,1-4H2/t5-,6-,7-,8-,9-,10-,11-,12-,13+,14+,15-,16-,17-,18+,19+,20-,21?,22-,23-,24-/m1/s1. The van der Waals surface area contributed by atoms with E-state index in [1.165, 1.54) is 0 Å². The van der Waals surface area contributed by atoms with Crippen LogP contribution < -0.4 is 0 Å². The van der Waals surface area contributed by atoms with Gasteiger partial charge in [0.1, 0.15) is 97.7 Å². The molecule has 4 aliphatic rings. The van der Waals surface area contributed by atoms with Gasteiger partial charge in [-0.25, -0.2) is 0 Å². The Morgan fingerprint density at radius 3 is 1.24 bits per heavy atom. The van der Waals surface area contributed by atoms with Crippen LogP contribution >= 0.6 is 0 Å². The summed E-state index contributed by atoms with van der Waals surface area (Å²) in [5, 5.41) is 143. The van der Waals surface area contributed by atoms with Crippen molar-refractivity contribution >= 4 is 0 Å². The summed E-state index contributed by atoms with van der Waals surface area (Å²) in [6.45, 7) is -3.44. The minimum Gasteiger partial charge on any atom is -0.394 e. The maximum atomic E-state index is 11.1. The minimum absolute atomic E-state index is 0.808. The summed E-state index contributed by atoms with van der Waals surface area (Å²) >= 11 is 0. The first kappa shape index (κ1) is 37.0. The molecule has 0 bridgehead atoms. The van der Waals surface area contributed by atoms with Gasteiger partial charge >= 0.3 is 0 Å². The first-order chi connectivity index (χ1) is 21.3. The van der Waals surface area contributed by atoms with Gasteiger partial charge in [-0.3, -0.25) is 0 Å². The Kier molecular flexibility index (Phi) is 12.8. The topological polar surface area (TPSA) is 348 Å². The summed E-state index contributed by atoms with van der Waals surface area (Å²) in [6, 6.07) is 0. The van der Waals surface area contributed by atoms with Gasteiger partial charge in [-0.1, -0.05) is 0 Å². The van der Waals surface area contributed by atoms with Crippen molar-refractivity contribution in [2.24, 2.45) is 0 Å². The molecule has 0 saturated carbocycles. The maximum Gasteiger partial charge on any atom is 0.187 e. The fraction of sp³-hybridized carbons (Fsp3) is 1.00. The van der Waals surface area contributed by atoms with Crippen LogP contribution in [0, 0.1) is 0 Å². The highest BCUT2D eigenvalue weighted by Gasteiger charge is 2.55. The predicted molar refractivity (Wildman–Crippen MR) is 134 cm³/mol. The second kappa shape index (κ2) is 15.6. The van der Waals surface area contributed by atoms with Crippen molar-refractivity contribution < 1.29 is 105 Å². The smallest absolute Gasteiger partial charge is 0.187 e. The Bertz CT molecular complexity index is 916. The number of aliphatic hydroxyl groups is 14. The second-order valence-electron chi connectivity index (χ2n) is 11.1. The first-order valence-corrected chi connectivity index (χ1v) is 14.1. The fourth-order valence-electron chi connectivity index (χ4n) is 5.51. The van der Waals surface area contributed by atoms with Crippen molar-refractivity contribution in [2.75, 3.05) is 26.4 Å². The highest BCUT2D eigenvalue weighted by atomic mass is 16.8. The van der Waals surface area contributed by atoms with E-state index in [0.29, 0.717) is 0 Å². The molecule has 0 amide bonds. The van der Waals surface area contributed by atoms with Crippen LogP contribution in [0.2, 0.25) is 0 Å². The number of hydrogen-bond acceptors (Lipinski definition) is 21. The second-order valence-corrected chi connectivity index (χ2v) is 11.1. The van der Waals surface area contributed by atoms with E-state index in [4.69, 9.17) is 33.2 Å². The van der Waals surface area contributed by atoms with Crippen LogP contribution in [0.15, 0.2) is 0 Å². The molecule has 1 unspecified atom stereocenters. The van der Waals surface area contributed by atoms with Gasteiger partial charge in [0.15, 0.2) is 25.2 Å². The summed E-state index contributed by atoms with van der Waals surface area (Å²) in [5.74, 6) is 0. The molecule has 4 aliphatic heterocycles. The Morgan fingerprint density at radius 2 is 0.711 bits per heavy atom. The van der Waals surface area contributed by atoms with Gasteiger partial charge in [-0.2, -0.15) is 0 Å². The molecular formula is C24H42O21. The summed E-state index contributed by atoms with van der Waals surface area (Å²) in [6.07, 6.45) is -36.4. The van der Waals surface area contributed by atoms with E-state index in [1.54, 1.807) is 0 Å². The highest BCUT2D eigenvalue weighted by molar-refractivity contribution is 4.97. The molecule has 21 heteroatoms. The van der Waals surface area contributed by atoms with Gasteiger partial charge in [0.2, 0.25) is 0 Å². The maximum absolute atomic E-state index is 11.1. The lowest BCUT2D eigenvalue weighted by atomic mass is 9.95. The van der Waals surface area contributed by atoms with Gasteiger partial charge in [0.25, 0.3) is 0 Å². The van der Waals surface area contributed by atoms with Crippen LogP contribution in [-0.4, -0.2) is 221 Å². The third-order valence-electron chi connectivity index (χ3n) is 8.21. The molecule has 0 aromatic carbocycles. The molecule has 0 radical (unpaired) electrons. The van der Waals surface area contributed by atoms with Gasteiger partial charge < -0.3 is 105 Å². The zero-order chi connectivity index (χ0) is 33.3. The van der Waals surface area contributed by atoms with Crippen molar-refractivity contribution in [1.29, 1.82) is 0 Å². The van der Waals surface area contributed by atoms with Crippen LogP contribution in [0.4, 0.5) is 0 Å². The Balaban J connectivity index is 1.58. The third-order valence-corrected chi connectivity index (χ3v) is 8.21. The molecule has 21 nitrogen and oxygen atoms in total. The van der Waals surface area contributed by atoms with E-state index in [0.717, 1.165) is 0 Å². The monoisotopic (exact) mass is 666 g/mol. The molecule has 14 N–H and O–H groups in total. The molecule has 0 aliphatic carbocycles. The van der Waals surface area contributed by atoms with Gasteiger partial charge in [0.05, 0.1) is 26.4 Å².